The van der Waals surface area contributed by atoms with Gasteiger partial charge in [-0.3, -0.25) is 112 Å². The van der Waals surface area contributed by atoms with Crippen molar-refractivity contribution in [2.45, 2.75) is 273 Å². The third-order valence-corrected chi connectivity index (χ3v) is 21.4. The number of phenolic OH excluding ortho intramolecular Hbond substituents is 1. The first-order chi connectivity index (χ1) is 65.1. The highest BCUT2D eigenvalue weighted by Crippen LogP contribution is 2.21. The van der Waals surface area contributed by atoms with Crippen LogP contribution in [-0.2, 0) is 112 Å². The molecule has 1 fully saturated rings. The number of primary amides is 1. The van der Waals surface area contributed by atoms with Crippen molar-refractivity contribution in [3.8, 4) is 5.75 Å². The lowest BCUT2D eigenvalue weighted by Gasteiger charge is -2.29. The molecule has 1 aromatic rings. The molecular weight excluding hydrogens is 1850 g/mol. The molecule has 0 bridgehead atoms. The number of rotatable bonds is 64. The zero-order valence-corrected chi connectivity index (χ0v) is 77.9. The summed E-state index contributed by atoms with van der Waals surface area (Å²) in [7, 11) is 0. The number of aliphatic hydroxyl groups excluding tert-OH is 5. The summed E-state index contributed by atoms with van der Waals surface area (Å²) in [5, 5.41) is 158. The number of aromatic hydroxyl groups is 1. The van der Waals surface area contributed by atoms with Gasteiger partial charge in [0.25, 0.3) is 0 Å². The molecule has 0 spiro atoms. The number of carboxylic acid groups (broad SMARTS) is 4. The second-order valence-electron chi connectivity index (χ2n) is 33.2. The maximum atomic E-state index is 14.6. The third-order valence-electron chi connectivity index (χ3n) is 21.4. The van der Waals surface area contributed by atoms with Gasteiger partial charge in [0.15, 0.2) is 11.9 Å². The highest BCUT2D eigenvalue weighted by atomic mass is 16.4. The van der Waals surface area contributed by atoms with E-state index in [9.17, 15) is 157 Å². The topological polar surface area (TPSA) is 949 Å². The van der Waals surface area contributed by atoms with Gasteiger partial charge in [0.2, 0.25) is 106 Å². The number of carboxylic acids is 4. The Kier molecular flexibility index (Phi) is 53.0. The van der Waals surface area contributed by atoms with E-state index in [2.05, 4.69) is 95.7 Å². The molecule has 778 valence electrons. The number of aliphatic hydroxyl groups is 5. The van der Waals surface area contributed by atoms with Crippen molar-refractivity contribution in [1.29, 1.82) is 10.8 Å². The normalized spacial score (nSPS) is 16.3. The van der Waals surface area contributed by atoms with Crippen LogP contribution in [0.2, 0.25) is 0 Å². The van der Waals surface area contributed by atoms with Crippen LogP contribution >= 0.6 is 0 Å². The van der Waals surface area contributed by atoms with Crippen LogP contribution in [0.5, 0.6) is 5.75 Å². The second kappa shape index (κ2) is 61.0. The van der Waals surface area contributed by atoms with Crippen LogP contribution < -0.4 is 119 Å². The molecule has 1 aliphatic heterocycles. The third kappa shape index (κ3) is 43.7. The summed E-state index contributed by atoms with van der Waals surface area (Å²) in [6.45, 7) is 5.42. The van der Waals surface area contributed by atoms with E-state index in [1.54, 1.807) is 6.92 Å². The number of phenols is 1. The Labute approximate surface area is 796 Å². The molecular formula is C82H133N25O32. The SMILES string of the molecule is CC[C@H](C)[C@H](NC(=O)[C@H](CCC(=O)O)NC(=O)[C@H](CCC(N)=O)NC(=O)[C@H](CCC(=O)O)NC(=O)CNC(=O)[C@@H](NC(=O)[C@H](CO)NC(=O)[C@H](CCCNC(=N)N)NC(=O)[C@@H](NC(=O)[C@H](Cc1ccc(O)cc1)NC(=O)[C@@H](NC(=O)[C@H](CO)NC(=O)[C@H](CO)NC(=O)[C@H](C)NC(=O)[C@H](CCCNC(=N)N)NC(=O)[C@H](CCC(=O)O)NC(=O)[C@@H]1CCCN1C(=O)[C@H](C)N)C(C)C)[C@@H](C)O)[C@@H](C)O)C(=O)O. The monoisotopic (exact) mass is 1980 g/mol. The standard InChI is InChI=1S/C82H133N25O32/c1-9-37(4)61(80(138)139)104-70(128)49(23-27-59(120)121)96-68(126)47(20-24-55(84)114)95-67(125)46(21-25-57(116)117)93-56(115)32-91-76(134)62(40(7)111)105-74(132)53(35-110)101-66(124)45(14-11-29-90-82(87)88)98-78(136)63(41(8)112)106-71(129)50(31-42-16-18-43(113)19-17-42)99-77(135)60(36(2)3)103-73(131)52(34-109)102-72(130)51(33-108)100-64(122)39(6)92-65(123)44(13-10-28-89-81(85)86)94-69(127)48(22-26-58(118)119)97-75(133)54-15-12-30-107(54)79(137)38(5)83/h16-19,36-41,44-54,60-63,108-113H,9-15,20-35,83H2,1-8H3,(H2,84,114)(H,91,134)(H,92,123)(H,93,115)(H,94,127)(H,95,125)(H,96,126)(H,97,133)(H,98,136)(H,99,135)(H,100,122)(H,101,124)(H,102,130)(H,103,131)(H,104,128)(H,105,132)(H,106,129)(H,116,117)(H,118,119)(H,120,121)(H,138,139)(H4,85,86,89)(H4,87,88,90)/t37-,38-,39-,40+,41+,44-,45-,46-,47-,48-,49-,50-,51-,52-,53-,54-,60-,61-,62-,63-/m0/s1. The second-order valence-corrected chi connectivity index (χ2v) is 33.2. The fraction of sp³-hybridized carbons (Fsp3) is 0.634. The van der Waals surface area contributed by atoms with Crippen LogP contribution in [0, 0.1) is 22.7 Å². The van der Waals surface area contributed by atoms with Crippen molar-refractivity contribution < 1.29 is 157 Å². The number of carbonyl (C=O) groups excluding carboxylic acids is 18. The summed E-state index contributed by atoms with van der Waals surface area (Å²) in [6.07, 6.45) is -9.79. The van der Waals surface area contributed by atoms with Crippen molar-refractivity contribution >= 4 is 142 Å². The summed E-state index contributed by atoms with van der Waals surface area (Å²) in [5.41, 5.74) is 22.1. The lowest BCUT2D eigenvalue weighted by molar-refractivity contribution is -0.144. The quantitative estimate of drug-likeness (QED) is 0.0164. The number of amides is 18. The lowest BCUT2D eigenvalue weighted by Crippen LogP contribution is -2.63. The number of nitrogens with two attached hydrogens (primary N) is 4. The Morgan fingerprint density at radius 2 is 0.755 bits per heavy atom. The minimum Gasteiger partial charge on any atom is -0.508 e. The molecule has 18 amide bonds. The summed E-state index contributed by atoms with van der Waals surface area (Å²) in [6, 6.07) is -24.6. The summed E-state index contributed by atoms with van der Waals surface area (Å²) in [5.74, 6) is -30.0. The van der Waals surface area contributed by atoms with Crippen molar-refractivity contribution in [2.24, 2.45) is 34.8 Å². The van der Waals surface area contributed by atoms with Gasteiger partial charge in [0, 0.05) is 51.7 Å². The number of hydrogen-bond acceptors (Lipinski definition) is 31. The van der Waals surface area contributed by atoms with Gasteiger partial charge in [0.05, 0.1) is 44.6 Å². The first-order valence-corrected chi connectivity index (χ1v) is 44.3. The van der Waals surface area contributed by atoms with E-state index < -0.39 is 359 Å². The lowest BCUT2D eigenvalue weighted by atomic mass is 9.98. The van der Waals surface area contributed by atoms with Crippen molar-refractivity contribution in [1.82, 2.24) is 101 Å². The molecule has 0 radical (unpaired) electrons. The van der Waals surface area contributed by atoms with Gasteiger partial charge in [-0.2, -0.15) is 0 Å². The number of guanidine groups is 2. The van der Waals surface area contributed by atoms with E-state index in [-0.39, 0.29) is 63.1 Å². The van der Waals surface area contributed by atoms with E-state index in [1.165, 1.54) is 56.9 Å². The first kappa shape index (κ1) is 121. The molecule has 38 N–H and O–H groups in total. The molecule has 57 heteroatoms. The first-order valence-electron chi connectivity index (χ1n) is 44.3. The molecule has 1 saturated heterocycles. The summed E-state index contributed by atoms with van der Waals surface area (Å²) in [4.78, 5) is 296. The number of nitrogens with one attached hydrogen (secondary N) is 20. The van der Waals surface area contributed by atoms with E-state index >= 15 is 0 Å². The van der Waals surface area contributed by atoms with E-state index in [1.807, 2.05) is 0 Å². The molecule has 0 aromatic heterocycles. The molecule has 1 aliphatic rings. The fourth-order valence-electron chi connectivity index (χ4n) is 13.4. The predicted octanol–water partition coefficient (Wildman–Crippen LogP) is -13.4. The van der Waals surface area contributed by atoms with Crippen molar-refractivity contribution in [2.75, 3.05) is 46.0 Å². The van der Waals surface area contributed by atoms with E-state index in [0.717, 1.165) is 20.8 Å². The fourth-order valence-corrected chi connectivity index (χ4v) is 13.4. The summed E-state index contributed by atoms with van der Waals surface area (Å²) < 4.78 is 0. The van der Waals surface area contributed by atoms with Gasteiger partial charge in [-0.15, -0.1) is 0 Å². The average Bonchev–Trinajstić information content (AvgIpc) is 1.50. The number of hydrogen-bond donors (Lipinski definition) is 34. The van der Waals surface area contributed by atoms with Gasteiger partial charge >= 0.3 is 23.9 Å². The number of likely N-dealkylation sites (tertiary alicyclic amines) is 1. The molecule has 2 rings (SSSR count). The molecule has 139 heavy (non-hydrogen) atoms. The molecule has 20 atom stereocenters. The predicted molar refractivity (Wildman–Crippen MR) is 482 cm³/mol. The smallest absolute Gasteiger partial charge is 0.326 e. The number of carbonyl (C=O) groups is 22. The average molecular weight is 1980 g/mol. The molecule has 1 heterocycles. The Morgan fingerprint density at radius 3 is 1.16 bits per heavy atom. The Balaban J connectivity index is 2.43. The molecule has 0 saturated carbocycles. The molecule has 1 aromatic carbocycles. The zero-order valence-electron chi connectivity index (χ0n) is 77.9. The molecule has 57 nitrogen and oxygen atoms in total. The Bertz CT molecular complexity index is 4470. The van der Waals surface area contributed by atoms with Gasteiger partial charge in [0.1, 0.15) is 102 Å². The van der Waals surface area contributed by atoms with Crippen LogP contribution in [0.4, 0.5) is 0 Å². The zero-order chi connectivity index (χ0) is 106. The van der Waals surface area contributed by atoms with E-state index in [4.69, 9.17) is 33.8 Å². The molecule has 0 unspecified atom stereocenters. The maximum absolute atomic E-state index is 14.6. The van der Waals surface area contributed by atoms with Gasteiger partial charge < -0.3 is 175 Å². The van der Waals surface area contributed by atoms with Crippen LogP contribution in [0.3, 0.4) is 0 Å². The van der Waals surface area contributed by atoms with E-state index in [0.29, 0.717) is 6.42 Å². The van der Waals surface area contributed by atoms with Crippen LogP contribution in [0.15, 0.2) is 24.3 Å². The van der Waals surface area contributed by atoms with Crippen molar-refractivity contribution in [3.05, 3.63) is 29.8 Å². The van der Waals surface area contributed by atoms with Gasteiger partial charge in [-0.25, -0.2) is 4.79 Å². The number of nitrogens with zero attached hydrogens (tertiary/aromatic N) is 1. The summed E-state index contributed by atoms with van der Waals surface area (Å²) >= 11 is 0. The van der Waals surface area contributed by atoms with Crippen molar-refractivity contribution in [3.63, 3.8) is 0 Å². The highest BCUT2D eigenvalue weighted by molar-refractivity contribution is 6.02. The van der Waals surface area contributed by atoms with Gasteiger partial charge in [-0.05, 0) is 121 Å². The largest absolute Gasteiger partial charge is 0.508 e. The van der Waals surface area contributed by atoms with Crippen LogP contribution in [0.25, 0.3) is 0 Å². The Morgan fingerprint density at radius 1 is 0.410 bits per heavy atom. The minimum absolute atomic E-state index is 0.00505. The van der Waals surface area contributed by atoms with Crippen LogP contribution in [-0.4, -0.2) is 359 Å². The maximum Gasteiger partial charge on any atom is 0.326 e. The number of aliphatic carboxylic acids is 4. The molecule has 0 aliphatic carbocycles. The van der Waals surface area contributed by atoms with Crippen LogP contribution in [0.1, 0.15) is 157 Å². The Hall–Kier alpha value is -14.3. The minimum atomic E-state index is -2.10. The highest BCUT2D eigenvalue weighted by Gasteiger charge is 2.42. The number of benzene rings is 1. The van der Waals surface area contributed by atoms with Gasteiger partial charge in [-0.1, -0.05) is 46.2 Å².